The fourth-order valence-electron chi connectivity index (χ4n) is 3.92. The Morgan fingerprint density at radius 2 is 1.73 bits per heavy atom. The highest BCUT2D eigenvalue weighted by Crippen LogP contribution is 2.27. The number of thioether (sulfide) groups is 1. The highest BCUT2D eigenvalue weighted by atomic mass is 32.2. The van der Waals surface area contributed by atoms with Crippen LogP contribution in [0.3, 0.4) is 0 Å². The molecule has 0 bridgehead atoms. The van der Waals surface area contributed by atoms with Crippen LogP contribution in [-0.4, -0.2) is 67.3 Å². The molecule has 6 nitrogen and oxygen atoms in total. The van der Waals surface area contributed by atoms with Crippen LogP contribution in [0.15, 0.2) is 46.7 Å². The number of nitrogens with zero attached hydrogens (tertiary/aromatic N) is 2. The van der Waals surface area contributed by atoms with Crippen molar-refractivity contribution in [1.29, 1.82) is 0 Å². The lowest BCUT2D eigenvalue weighted by atomic mass is 10.0. The van der Waals surface area contributed by atoms with E-state index in [9.17, 15) is 13.2 Å². The monoisotopic (exact) mass is 465 g/mol. The van der Waals surface area contributed by atoms with Crippen LogP contribution >= 0.6 is 23.1 Å². The van der Waals surface area contributed by atoms with E-state index < -0.39 is 10.0 Å². The second-order valence-corrected chi connectivity index (χ2v) is 11.7. The van der Waals surface area contributed by atoms with Gasteiger partial charge in [-0.2, -0.15) is 16.1 Å². The summed E-state index contributed by atoms with van der Waals surface area (Å²) in [6.07, 6.45) is 1.74. The van der Waals surface area contributed by atoms with Crippen LogP contribution in [0.1, 0.15) is 28.1 Å². The minimum absolute atomic E-state index is 0.0774. The first-order valence-electron chi connectivity index (χ1n) is 10.3. The van der Waals surface area contributed by atoms with E-state index in [0.717, 1.165) is 44.0 Å². The fraction of sp³-hybridized carbons (Fsp3) is 0.476. The molecule has 9 heteroatoms. The van der Waals surface area contributed by atoms with Gasteiger partial charge in [-0.1, -0.05) is 30.3 Å². The number of carbonyl (C=O) groups is 1. The number of hydrogen-bond donors (Lipinski definition) is 1. The highest BCUT2D eigenvalue weighted by molar-refractivity contribution is 7.99. The number of rotatable bonds is 6. The number of sulfonamides is 1. The molecule has 2 saturated heterocycles. The lowest BCUT2D eigenvalue weighted by molar-refractivity contribution is 0.0910. The molecule has 2 aliphatic heterocycles. The summed E-state index contributed by atoms with van der Waals surface area (Å²) in [4.78, 5) is 15.7. The van der Waals surface area contributed by atoms with Crippen LogP contribution in [0.2, 0.25) is 0 Å². The number of nitrogens with one attached hydrogen (secondary N) is 1. The third-order valence-electron chi connectivity index (χ3n) is 5.60. The summed E-state index contributed by atoms with van der Waals surface area (Å²) in [6.45, 7) is 3.76. The number of likely N-dealkylation sites (tertiary alicyclic amines) is 1. The number of thiophene rings is 1. The van der Waals surface area contributed by atoms with Gasteiger partial charge in [0.1, 0.15) is 9.77 Å². The number of benzene rings is 1. The van der Waals surface area contributed by atoms with Gasteiger partial charge in [-0.05, 0) is 29.9 Å². The topological polar surface area (TPSA) is 69.7 Å². The summed E-state index contributed by atoms with van der Waals surface area (Å²) in [5.41, 5.74) is 1.30. The van der Waals surface area contributed by atoms with E-state index >= 15 is 0 Å². The average Bonchev–Trinajstić information content (AvgIpc) is 3.28. The second kappa shape index (κ2) is 9.82. The molecule has 1 N–H and O–H groups in total. The van der Waals surface area contributed by atoms with Crippen molar-refractivity contribution in [3.63, 3.8) is 0 Å². The van der Waals surface area contributed by atoms with E-state index in [1.807, 2.05) is 6.07 Å². The van der Waals surface area contributed by atoms with Crippen LogP contribution in [0.25, 0.3) is 0 Å². The Morgan fingerprint density at radius 3 is 2.43 bits per heavy atom. The zero-order valence-corrected chi connectivity index (χ0v) is 19.3. The van der Waals surface area contributed by atoms with Crippen molar-refractivity contribution in [1.82, 2.24) is 14.5 Å². The first kappa shape index (κ1) is 21.8. The van der Waals surface area contributed by atoms with Crippen LogP contribution in [0, 0.1) is 0 Å². The van der Waals surface area contributed by atoms with Crippen molar-refractivity contribution in [3.05, 3.63) is 52.2 Å². The first-order valence-corrected chi connectivity index (χ1v) is 13.7. The van der Waals surface area contributed by atoms with E-state index in [1.165, 1.54) is 21.2 Å². The number of amides is 1. The van der Waals surface area contributed by atoms with Crippen LogP contribution in [0.4, 0.5) is 0 Å². The molecule has 4 rings (SSSR count). The summed E-state index contributed by atoms with van der Waals surface area (Å²) < 4.78 is 27.5. The van der Waals surface area contributed by atoms with E-state index in [0.29, 0.717) is 18.0 Å². The Kier molecular flexibility index (Phi) is 7.15. The Balaban J connectivity index is 1.35. The minimum Gasteiger partial charge on any atom is -0.348 e. The van der Waals surface area contributed by atoms with Crippen LogP contribution in [0.5, 0.6) is 0 Å². The molecule has 1 aromatic heterocycles. The van der Waals surface area contributed by atoms with Gasteiger partial charge in [-0.25, -0.2) is 8.42 Å². The van der Waals surface area contributed by atoms with Gasteiger partial charge >= 0.3 is 0 Å². The molecule has 0 spiro atoms. The van der Waals surface area contributed by atoms with Crippen molar-refractivity contribution < 1.29 is 13.2 Å². The lowest BCUT2D eigenvalue weighted by Gasteiger charge is -2.32. The molecule has 30 heavy (non-hydrogen) atoms. The van der Waals surface area contributed by atoms with E-state index in [1.54, 1.807) is 23.2 Å². The lowest BCUT2D eigenvalue weighted by Crippen LogP contribution is -2.44. The smallest absolute Gasteiger partial charge is 0.262 e. The molecular weight excluding hydrogens is 438 g/mol. The molecule has 2 aliphatic rings. The van der Waals surface area contributed by atoms with Gasteiger partial charge in [-0.15, -0.1) is 11.3 Å². The highest BCUT2D eigenvalue weighted by Gasteiger charge is 2.32. The standard InChI is InChI=1S/C21H27N3O3S3/c25-21(20-19(8-13-29-20)30(26,27)24-11-14-28-15-12-24)22-18-6-9-23(10-7-18)16-17-4-2-1-3-5-17/h1-5,8,13,18H,6-7,9-12,14-16H2,(H,22,25). The molecular formula is C21H27N3O3S3. The van der Waals surface area contributed by atoms with Gasteiger partial charge in [0.15, 0.2) is 0 Å². The molecule has 0 saturated carbocycles. The fourth-order valence-corrected chi connectivity index (χ4v) is 7.80. The maximum Gasteiger partial charge on any atom is 0.262 e. The Labute approximate surface area is 186 Å². The molecule has 0 aliphatic carbocycles. The van der Waals surface area contributed by atoms with Crippen molar-refractivity contribution in [2.45, 2.75) is 30.3 Å². The van der Waals surface area contributed by atoms with Gasteiger partial charge in [-0.3, -0.25) is 9.69 Å². The number of carbonyl (C=O) groups excluding carboxylic acids is 1. The van der Waals surface area contributed by atoms with Gasteiger partial charge in [0.2, 0.25) is 10.0 Å². The summed E-state index contributed by atoms with van der Waals surface area (Å²) >= 11 is 2.97. The third kappa shape index (κ3) is 5.08. The molecule has 0 unspecified atom stereocenters. The summed E-state index contributed by atoms with van der Waals surface area (Å²) in [7, 11) is -3.62. The number of piperidine rings is 1. The number of hydrogen-bond acceptors (Lipinski definition) is 6. The van der Waals surface area contributed by atoms with Gasteiger partial charge < -0.3 is 5.32 Å². The maximum absolute atomic E-state index is 13.0. The summed E-state index contributed by atoms with van der Waals surface area (Å²) in [6, 6.07) is 12.0. The third-order valence-corrected chi connectivity index (χ3v) is 9.52. The van der Waals surface area contributed by atoms with E-state index in [4.69, 9.17) is 0 Å². The molecule has 3 heterocycles. The molecule has 2 aromatic rings. The van der Waals surface area contributed by atoms with Gasteiger partial charge in [0.25, 0.3) is 5.91 Å². The first-order chi connectivity index (χ1) is 14.5. The second-order valence-electron chi connectivity index (χ2n) is 7.64. The van der Waals surface area contributed by atoms with Gasteiger partial charge in [0, 0.05) is 50.3 Å². The van der Waals surface area contributed by atoms with Crippen molar-refractivity contribution >= 4 is 39.0 Å². The molecule has 1 amide bonds. The maximum atomic E-state index is 13.0. The van der Waals surface area contributed by atoms with Crippen molar-refractivity contribution in [2.75, 3.05) is 37.7 Å². The van der Waals surface area contributed by atoms with Crippen molar-refractivity contribution in [3.8, 4) is 0 Å². The normalized spacial score (nSPS) is 19.6. The van der Waals surface area contributed by atoms with Crippen LogP contribution < -0.4 is 5.32 Å². The summed E-state index contributed by atoms with van der Waals surface area (Å²) in [5.74, 6) is 1.33. The summed E-state index contributed by atoms with van der Waals surface area (Å²) in [5, 5.41) is 4.78. The minimum atomic E-state index is -3.62. The SMILES string of the molecule is O=C(NC1CCN(Cc2ccccc2)CC1)c1sccc1S(=O)(=O)N1CCSCC1. The largest absolute Gasteiger partial charge is 0.348 e. The van der Waals surface area contributed by atoms with E-state index in [2.05, 4.69) is 34.5 Å². The molecule has 1 aromatic carbocycles. The van der Waals surface area contributed by atoms with Gasteiger partial charge in [0.05, 0.1) is 0 Å². The average molecular weight is 466 g/mol. The zero-order chi connectivity index (χ0) is 21.0. The Bertz CT molecular complexity index is 948. The predicted octanol–water partition coefficient (Wildman–Crippen LogP) is 2.88. The van der Waals surface area contributed by atoms with E-state index in [-0.39, 0.29) is 16.8 Å². The molecule has 0 radical (unpaired) electrons. The Hall–Kier alpha value is -1.39. The van der Waals surface area contributed by atoms with Crippen molar-refractivity contribution in [2.24, 2.45) is 0 Å². The quantitative estimate of drug-likeness (QED) is 0.710. The Morgan fingerprint density at radius 1 is 1.03 bits per heavy atom. The predicted molar refractivity (Wildman–Crippen MR) is 123 cm³/mol. The zero-order valence-electron chi connectivity index (χ0n) is 16.8. The molecule has 162 valence electrons. The van der Waals surface area contributed by atoms with Crippen LogP contribution in [-0.2, 0) is 16.6 Å². The molecule has 2 fully saturated rings. The molecule has 0 atom stereocenters.